The fraction of sp³-hybridized carbons (Fsp3) is 0.200. The van der Waals surface area contributed by atoms with Crippen LogP contribution in [0.25, 0.3) is 0 Å². The number of carbonyl (C=O) groups is 1. The van der Waals surface area contributed by atoms with Gasteiger partial charge in [-0.15, -0.1) is 0 Å². The maximum absolute atomic E-state index is 12.8. The summed E-state index contributed by atoms with van der Waals surface area (Å²) in [6.45, 7) is 0.691. The van der Waals surface area contributed by atoms with Gasteiger partial charge in [0.2, 0.25) is 0 Å². The fourth-order valence-corrected chi connectivity index (χ4v) is 3.40. The van der Waals surface area contributed by atoms with Crippen LogP contribution < -0.4 is 5.32 Å². The van der Waals surface area contributed by atoms with Crippen LogP contribution in [0.5, 0.6) is 0 Å². The van der Waals surface area contributed by atoms with Crippen molar-refractivity contribution in [2.75, 3.05) is 5.32 Å². The molecule has 1 heterocycles. The van der Waals surface area contributed by atoms with E-state index in [0.29, 0.717) is 18.0 Å². The number of anilines is 1. The van der Waals surface area contributed by atoms with Gasteiger partial charge < -0.3 is 5.32 Å². The van der Waals surface area contributed by atoms with E-state index in [1.807, 2.05) is 47.1 Å². The number of benzene rings is 2. The lowest BCUT2D eigenvalue weighted by Gasteiger charge is -2.10. The predicted octanol–water partition coefficient (Wildman–Crippen LogP) is 4.82. The number of nitrogens with one attached hydrogen (secondary N) is 1. The van der Waals surface area contributed by atoms with Crippen LogP contribution in [0.4, 0.5) is 5.69 Å². The molecule has 1 N–H and O–H groups in total. The van der Waals surface area contributed by atoms with Crippen LogP contribution in [0, 0.1) is 0 Å². The molecular weight excluding hydrogens is 378 g/mol. The highest BCUT2D eigenvalue weighted by Crippen LogP contribution is 2.42. The van der Waals surface area contributed by atoms with Gasteiger partial charge in [-0.1, -0.05) is 52.3 Å². The molecule has 1 saturated carbocycles. The third-order valence-corrected chi connectivity index (χ3v) is 4.84. The predicted molar refractivity (Wildman–Crippen MR) is 102 cm³/mol. The molecule has 25 heavy (non-hydrogen) atoms. The zero-order valence-corrected chi connectivity index (χ0v) is 15.2. The van der Waals surface area contributed by atoms with Gasteiger partial charge in [-0.3, -0.25) is 9.48 Å². The van der Waals surface area contributed by atoms with Crippen molar-refractivity contribution < 1.29 is 4.79 Å². The summed E-state index contributed by atoms with van der Waals surface area (Å²) < 4.78 is 2.91. The van der Waals surface area contributed by atoms with Crippen LogP contribution in [0.3, 0.4) is 0 Å². The van der Waals surface area contributed by atoms with E-state index >= 15 is 0 Å². The van der Waals surface area contributed by atoms with Crippen molar-refractivity contribution in [2.24, 2.45) is 0 Å². The molecule has 2 aromatic carbocycles. The van der Waals surface area contributed by atoms with Crippen molar-refractivity contribution in [3.8, 4) is 0 Å². The Hall–Kier alpha value is -2.40. The normalized spacial score (nSPS) is 13.6. The van der Waals surface area contributed by atoms with Crippen LogP contribution in [0.2, 0.25) is 0 Å². The Balaban J connectivity index is 1.60. The zero-order valence-electron chi connectivity index (χ0n) is 13.7. The molecule has 1 amide bonds. The summed E-state index contributed by atoms with van der Waals surface area (Å²) in [7, 11) is 0. The summed E-state index contributed by atoms with van der Waals surface area (Å²) in [5, 5.41) is 7.48. The summed E-state index contributed by atoms with van der Waals surface area (Å²) in [6.07, 6.45) is 3.94. The number of hydrogen-bond donors (Lipinski definition) is 1. The average molecular weight is 396 g/mol. The van der Waals surface area contributed by atoms with Crippen molar-refractivity contribution in [1.82, 2.24) is 9.78 Å². The van der Waals surface area contributed by atoms with Crippen molar-refractivity contribution >= 4 is 27.5 Å². The molecule has 0 radical (unpaired) electrons. The zero-order chi connectivity index (χ0) is 17.2. The van der Waals surface area contributed by atoms with Gasteiger partial charge in [0.1, 0.15) is 0 Å². The number of rotatable bonds is 5. The first-order valence-corrected chi connectivity index (χ1v) is 9.16. The van der Waals surface area contributed by atoms with E-state index in [9.17, 15) is 4.79 Å². The topological polar surface area (TPSA) is 46.9 Å². The smallest absolute Gasteiger partial charge is 0.259 e. The Morgan fingerprint density at radius 2 is 1.96 bits per heavy atom. The molecule has 0 aliphatic heterocycles. The van der Waals surface area contributed by atoms with Gasteiger partial charge in [0.05, 0.1) is 24.0 Å². The van der Waals surface area contributed by atoms with Crippen LogP contribution in [-0.4, -0.2) is 15.7 Å². The Bertz CT molecular complexity index is 900. The maximum atomic E-state index is 12.8. The lowest BCUT2D eigenvalue weighted by molar-refractivity contribution is 0.102. The van der Waals surface area contributed by atoms with Gasteiger partial charge >= 0.3 is 0 Å². The monoisotopic (exact) mass is 395 g/mol. The molecule has 1 fully saturated rings. The molecule has 1 aliphatic rings. The van der Waals surface area contributed by atoms with Gasteiger partial charge in [0.15, 0.2) is 0 Å². The standard InChI is InChI=1S/C20H18BrN3O/c21-16-7-4-8-17(11-16)23-20(25)18-12-22-24(19(18)15-9-10-15)13-14-5-2-1-3-6-14/h1-8,11-12,15H,9-10,13H2,(H,23,25). The lowest BCUT2D eigenvalue weighted by Crippen LogP contribution is -2.15. The van der Waals surface area contributed by atoms with E-state index in [2.05, 4.69) is 38.5 Å². The third-order valence-electron chi connectivity index (χ3n) is 4.35. The molecule has 3 aromatic rings. The maximum Gasteiger partial charge on any atom is 0.259 e. The molecule has 0 bridgehead atoms. The van der Waals surface area contributed by atoms with Crippen LogP contribution in [0.1, 0.15) is 40.4 Å². The number of carbonyl (C=O) groups excluding carboxylic acids is 1. The lowest BCUT2D eigenvalue weighted by atomic mass is 10.1. The highest BCUT2D eigenvalue weighted by molar-refractivity contribution is 9.10. The Kier molecular flexibility index (Phi) is 4.40. The van der Waals surface area contributed by atoms with Gasteiger partial charge in [-0.05, 0) is 36.6 Å². The second-order valence-corrected chi connectivity index (χ2v) is 7.24. The van der Waals surface area contributed by atoms with E-state index < -0.39 is 0 Å². The molecule has 0 unspecified atom stereocenters. The molecule has 4 nitrogen and oxygen atoms in total. The molecule has 4 rings (SSSR count). The van der Waals surface area contributed by atoms with Gasteiger partial charge in [0, 0.05) is 16.1 Å². The third kappa shape index (κ3) is 3.66. The summed E-state index contributed by atoms with van der Waals surface area (Å²) in [6, 6.07) is 17.8. The van der Waals surface area contributed by atoms with Gasteiger partial charge in [-0.25, -0.2) is 0 Å². The highest BCUT2D eigenvalue weighted by atomic mass is 79.9. The minimum absolute atomic E-state index is 0.0979. The van der Waals surface area contributed by atoms with Crippen molar-refractivity contribution in [3.63, 3.8) is 0 Å². The van der Waals surface area contributed by atoms with E-state index in [1.165, 1.54) is 5.56 Å². The summed E-state index contributed by atoms with van der Waals surface area (Å²) in [4.78, 5) is 12.8. The van der Waals surface area contributed by atoms with Gasteiger partial charge in [0.25, 0.3) is 5.91 Å². The minimum Gasteiger partial charge on any atom is -0.322 e. The average Bonchev–Trinajstić information content (AvgIpc) is 3.36. The number of nitrogens with zero attached hydrogens (tertiary/aromatic N) is 2. The Morgan fingerprint density at radius 3 is 2.68 bits per heavy atom. The second kappa shape index (κ2) is 6.84. The van der Waals surface area contributed by atoms with Crippen molar-refractivity contribution in [3.05, 3.63) is 82.1 Å². The van der Waals surface area contributed by atoms with E-state index in [4.69, 9.17) is 0 Å². The fourth-order valence-electron chi connectivity index (χ4n) is 3.00. The summed E-state index contributed by atoms with van der Waals surface area (Å²) >= 11 is 3.43. The van der Waals surface area contributed by atoms with Crippen LogP contribution in [0.15, 0.2) is 65.3 Å². The first kappa shape index (κ1) is 16.1. The molecule has 126 valence electrons. The molecule has 1 aromatic heterocycles. The molecule has 0 atom stereocenters. The first-order chi connectivity index (χ1) is 12.2. The largest absolute Gasteiger partial charge is 0.322 e. The number of halogens is 1. The van der Waals surface area contributed by atoms with Crippen LogP contribution >= 0.6 is 15.9 Å². The number of aromatic nitrogens is 2. The van der Waals surface area contributed by atoms with Crippen molar-refractivity contribution in [1.29, 1.82) is 0 Å². The molecule has 0 saturated heterocycles. The molecule has 5 heteroatoms. The second-order valence-electron chi connectivity index (χ2n) is 6.33. The SMILES string of the molecule is O=C(Nc1cccc(Br)c1)c1cnn(Cc2ccccc2)c1C1CC1. The van der Waals surface area contributed by atoms with Crippen molar-refractivity contribution in [2.45, 2.75) is 25.3 Å². The Morgan fingerprint density at radius 1 is 1.16 bits per heavy atom. The highest BCUT2D eigenvalue weighted by Gasteiger charge is 2.32. The van der Waals surface area contributed by atoms with Crippen LogP contribution in [-0.2, 0) is 6.54 Å². The molecular formula is C20H18BrN3O. The Labute approximate surface area is 155 Å². The molecule has 0 spiro atoms. The minimum atomic E-state index is -0.0979. The molecule has 1 aliphatic carbocycles. The number of hydrogen-bond acceptors (Lipinski definition) is 2. The number of amides is 1. The first-order valence-electron chi connectivity index (χ1n) is 8.37. The van der Waals surface area contributed by atoms with E-state index in [1.54, 1.807) is 6.20 Å². The van der Waals surface area contributed by atoms with E-state index in [0.717, 1.165) is 28.7 Å². The summed E-state index contributed by atoms with van der Waals surface area (Å²) in [5.41, 5.74) is 3.69. The van der Waals surface area contributed by atoms with Gasteiger partial charge in [-0.2, -0.15) is 5.10 Å². The summed E-state index contributed by atoms with van der Waals surface area (Å²) in [5.74, 6) is 0.341. The quantitative estimate of drug-likeness (QED) is 0.672. The van der Waals surface area contributed by atoms with E-state index in [-0.39, 0.29) is 5.91 Å².